The molecule has 19 heavy (non-hydrogen) atoms. The van der Waals surface area contributed by atoms with Crippen LogP contribution < -0.4 is 0 Å². The first kappa shape index (κ1) is 18.4. The highest BCUT2D eigenvalue weighted by molar-refractivity contribution is 6.46. The molecular weight excluding hydrogens is 262 g/mol. The molecule has 0 saturated heterocycles. The first-order chi connectivity index (χ1) is 9.08. The van der Waals surface area contributed by atoms with Gasteiger partial charge in [0.25, 0.3) is 0 Å². The number of hydrogen-bond donors (Lipinski definition) is 1. The van der Waals surface area contributed by atoms with Gasteiger partial charge >= 0.3 is 15.4 Å². The van der Waals surface area contributed by atoms with Gasteiger partial charge in [-0.15, -0.1) is 0 Å². The average molecular weight is 291 g/mol. The van der Waals surface area contributed by atoms with Crippen LogP contribution >= 0.6 is 0 Å². The quantitative estimate of drug-likeness (QED) is 0.470. The molecule has 0 radical (unpaired) electrons. The second kappa shape index (κ2) is 11.3. The van der Waals surface area contributed by atoms with Crippen molar-refractivity contribution in [1.29, 1.82) is 0 Å². The smallest absolute Gasteiger partial charge is 0.407 e. The van der Waals surface area contributed by atoms with Gasteiger partial charge < -0.3 is 18.9 Å². The summed E-state index contributed by atoms with van der Waals surface area (Å²) in [5, 5.41) is 9.18. The van der Waals surface area contributed by atoms with E-state index in [1.54, 1.807) is 7.05 Å². The van der Waals surface area contributed by atoms with Gasteiger partial charge in [-0.3, -0.25) is 0 Å². The van der Waals surface area contributed by atoms with E-state index in [1.807, 2.05) is 13.8 Å². The van der Waals surface area contributed by atoms with E-state index in [9.17, 15) is 9.90 Å². The van der Waals surface area contributed by atoms with Crippen LogP contribution in [-0.4, -0.2) is 51.3 Å². The molecule has 0 saturated carbocycles. The van der Waals surface area contributed by atoms with Gasteiger partial charge in [0.2, 0.25) is 0 Å². The molecule has 0 aliphatic carbocycles. The summed E-state index contributed by atoms with van der Waals surface area (Å²) in [6.07, 6.45) is 4.47. The normalized spacial score (nSPS) is 12.7. The van der Waals surface area contributed by atoms with Crippen LogP contribution in [0.25, 0.3) is 0 Å². The van der Waals surface area contributed by atoms with Gasteiger partial charge in [0.05, 0.1) is 5.67 Å². The molecule has 0 aliphatic heterocycles. The minimum absolute atomic E-state index is 0.103. The van der Waals surface area contributed by atoms with Crippen molar-refractivity contribution in [2.75, 3.05) is 20.3 Å². The number of rotatable bonds is 11. The third-order valence-corrected chi connectivity index (χ3v) is 5.86. The lowest BCUT2D eigenvalue weighted by Crippen LogP contribution is -2.50. The van der Waals surface area contributed by atoms with Crippen molar-refractivity contribution in [1.82, 2.24) is 4.90 Å². The Morgan fingerprint density at radius 3 is 2.16 bits per heavy atom. The van der Waals surface area contributed by atoms with Crippen molar-refractivity contribution in [2.24, 2.45) is 0 Å². The van der Waals surface area contributed by atoms with Gasteiger partial charge in [0.15, 0.2) is 0 Å². The zero-order valence-corrected chi connectivity index (χ0v) is 13.9. The SMILES string of the molecule is CCCCCCC(N(C)C(=O)O)[SiH](OCC)OCC. The van der Waals surface area contributed by atoms with Crippen molar-refractivity contribution in [3.63, 3.8) is 0 Å². The molecule has 0 aromatic heterocycles. The van der Waals surface area contributed by atoms with Crippen LogP contribution in [0.4, 0.5) is 4.79 Å². The maximum atomic E-state index is 11.2. The summed E-state index contributed by atoms with van der Waals surface area (Å²) in [5.74, 6) is 0. The molecule has 0 aliphatic rings. The minimum atomic E-state index is -1.97. The number of carboxylic acid groups (broad SMARTS) is 1. The third kappa shape index (κ3) is 7.54. The molecule has 1 N–H and O–H groups in total. The Morgan fingerprint density at radius 2 is 1.74 bits per heavy atom. The minimum Gasteiger partial charge on any atom is -0.465 e. The van der Waals surface area contributed by atoms with Crippen molar-refractivity contribution in [3.8, 4) is 0 Å². The molecule has 0 aromatic carbocycles. The topological polar surface area (TPSA) is 59.0 Å². The monoisotopic (exact) mass is 291 g/mol. The number of amides is 1. The van der Waals surface area contributed by atoms with Crippen molar-refractivity contribution in [3.05, 3.63) is 0 Å². The molecular formula is C13H29NO4Si. The van der Waals surface area contributed by atoms with Gasteiger partial charge in [-0.1, -0.05) is 32.6 Å². The summed E-state index contributed by atoms with van der Waals surface area (Å²) in [7, 11) is -0.353. The highest BCUT2D eigenvalue weighted by atomic mass is 28.3. The third-order valence-electron chi connectivity index (χ3n) is 3.13. The van der Waals surface area contributed by atoms with Crippen LogP contribution in [0.15, 0.2) is 0 Å². The number of carbonyl (C=O) groups is 1. The molecule has 0 fully saturated rings. The lowest BCUT2D eigenvalue weighted by atomic mass is 10.1. The van der Waals surface area contributed by atoms with Gasteiger partial charge in [0.1, 0.15) is 0 Å². The standard InChI is InChI=1S/C13H29NO4Si/c1-5-8-9-10-11-12(14(4)13(15)16)19(17-6-2)18-7-3/h12,19H,5-11H2,1-4H3,(H,15,16). The van der Waals surface area contributed by atoms with Crippen LogP contribution in [0, 0.1) is 0 Å². The van der Waals surface area contributed by atoms with E-state index in [4.69, 9.17) is 8.85 Å². The fourth-order valence-electron chi connectivity index (χ4n) is 2.03. The Balaban J connectivity index is 4.55. The second-order valence-electron chi connectivity index (χ2n) is 4.59. The summed E-state index contributed by atoms with van der Waals surface area (Å²) in [6, 6.07) is 0. The Labute approximate surface area is 118 Å². The van der Waals surface area contributed by atoms with E-state index in [0.717, 1.165) is 19.3 Å². The molecule has 5 nitrogen and oxygen atoms in total. The molecule has 1 amide bonds. The average Bonchev–Trinajstić information content (AvgIpc) is 2.38. The summed E-state index contributed by atoms with van der Waals surface area (Å²) in [5.41, 5.74) is -0.103. The summed E-state index contributed by atoms with van der Waals surface area (Å²) in [4.78, 5) is 12.5. The highest BCUT2D eigenvalue weighted by Gasteiger charge is 2.31. The molecule has 0 aromatic rings. The molecule has 1 unspecified atom stereocenters. The molecule has 1 atom stereocenters. The van der Waals surface area contributed by atoms with Gasteiger partial charge in [-0.25, -0.2) is 4.79 Å². The van der Waals surface area contributed by atoms with E-state index < -0.39 is 15.4 Å². The summed E-state index contributed by atoms with van der Waals surface area (Å²) >= 11 is 0. The van der Waals surface area contributed by atoms with E-state index in [2.05, 4.69) is 6.92 Å². The van der Waals surface area contributed by atoms with E-state index in [1.165, 1.54) is 17.7 Å². The highest BCUT2D eigenvalue weighted by Crippen LogP contribution is 2.14. The van der Waals surface area contributed by atoms with E-state index in [0.29, 0.717) is 13.2 Å². The Kier molecular flexibility index (Phi) is 10.9. The van der Waals surface area contributed by atoms with Crippen molar-refractivity contribution in [2.45, 2.75) is 58.5 Å². The Hall–Kier alpha value is -0.593. The van der Waals surface area contributed by atoms with Gasteiger partial charge in [-0.05, 0) is 20.3 Å². The fourth-order valence-corrected chi connectivity index (χ4v) is 4.23. The lowest BCUT2D eigenvalue weighted by Gasteiger charge is -2.30. The predicted molar refractivity (Wildman–Crippen MR) is 78.7 cm³/mol. The Morgan fingerprint density at radius 1 is 1.16 bits per heavy atom. The first-order valence-corrected chi connectivity index (χ1v) is 8.88. The maximum Gasteiger partial charge on any atom is 0.407 e. The van der Waals surface area contributed by atoms with Crippen molar-refractivity contribution >= 4 is 15.4 Å². The van der Waals surface area contributed by atoms with Gasteiger partial charge in [-0.2, -0.15) is 0 Å². The fraction of sp³-hybridized carbons (Fsp3) is 0.923. The molecule has 114 valence electrons. The zero-order chi connectivity index (χ0) is 14.7. The lowest BCUT2D eigenvalue weighted by molar-refractivity contribution is 0.127. The van der Waals surface area contributed by atoms with E-state index >= 15 is 0 Å². The number of nitrogens with zero attached hydrogens (tertiary/aromatic N) is 1. The van der Waals surface area contributed by atoms with Crippen LogP contribution in [0.2, 0.25) is 0 Å². The van der Waals surface area contributed by atoms with Crippen LogP contribution in [0.1, 0.15) is 52.9 Å². The second-order valence-corrected chi connectivity index (χ2v) is 6.76. The molecule has 0 rings (SSSR count). The van der Waals surface area contributed by atoms with Gasteiger partial charge in [0, 0.05) is 20.3 Å². The summed E-state index contributed by atoms with van der Waals surface area (Å²) < 4.78 is 11.4. The maximum absolute atomic E-state index is 11.2. The molecule has 0 bridgehead atoms. The van der Waals surface area contributed by atoms with Crippen LogP contribution in [-0.2, 0) is 8.85 Å². The van der Waals surface area contributed by atoms with E-state index in [-0.39, 0.29) is 5.67 Å². The molecule has 0 spiro atoms. The van der Waals surface area contributed by atoms with Crippen LogP contribution in [0.3, 0.4) is 0 Å². The summed E-state index contributed by atoms with van der Waals surface area (Å²) in [6.45, 7) is 7.17. The van der Waals surface area contributed by atoms with Crippen LogP contribution in [0.5, 0.6) is 0 Å². The number of unbranched alkanes of at least 4 members (excludes halogenated alkanes) is 3. The van der Waals surface area contributed by atoms with Crippen molar-refractivity contribution < 1.29 is 18.8 Å². The molecule has 6 heteroatoms. The number of hydrogen-bond acceptors (Lipinski definition) is 3. The Bertz CT molecular complexity index is 235. The predicted octanol–water partition coefficient (Wildman–Crippen LogP) is 2.77. The zero-order valence-electron chi connectivity index (χ0n) is 12.7. The molecule has 0 heterocycles. The first-order valence-electron chi connectivity index (χ1n) is 7.27. The largest absolute Gasteiger partial charge is 0.465 e.